The zero-order chi connectivity index (χ0) is 24.8. The summed E-state index contributed by atoms with van der Waals surface area (Å²) in [6, 6.07) is 26.2. The molecule has 0 aliphatic carbocycles. The first-order valence-corrected chi connectivity index (χ1v) is 12.2. The van der Waals surface area contributed by atoms with Crippen LogP contribution < -0.4 is 4.90 Å². The summed E-state index contributed by atoms with van der Waals surface area (Å²) in [5.74, 6) is 0.556. The second kappa shape index (κ2) is 10.8. The molecule has 0 amide bonds. The van der Waals surface area contributed by atoms with Gasteiger partial charge in [0.25, 0.3) is 5.70 Å². The third-order valence-electron chi connectivity index (χ3n) is 5.83. The summed E-state index contributed by atoms with van der Waals surface area (Å²) in [7, 11) is 0. The Bertz CT molecular complexity index is 1460. The lowest BCUT2D eigenvalue weighted by Gasteiger charge is -2.21. The maximum Gasteiger partial charge on any atom is 0.270 e. The molecule has 35 heavy (non-hydrogen) atoms. The van der Waals surface area contributed by atoms with Gasteiger partial charge in [0, 0.05) is 17.0 Å². The lowest BCUT2D eigenvalue weighted by Crippen LogP contribution is -2.20. The Morgan fingerprint density at radius 1 is 1.03 bits per heavy atom. The van der Waals surface area contributed by atoms with Gasteiger partial charge in [-0.2, -0.15) is 5.26 Å². The molecule has 0 saturated heterocycles. The first kappa shape index (κ1) is 23.9. The third kappa shape index (κ3) is 5.15. The zero-order valence-corrected chi connectivity index (χ0v) is 20.5. The molecule has 0 aromatic heterocycles. The van der Waals surface area contributed by atoms with Crippen molar-refractivity contribution in [3.63, 3.8) is 0 Å². The van der Waals surface area contributed by atoms with Crippen LogP contribution in [-0.4, -0.2) is 6.54 Å². The number of hydrogen-bond donors (Lipinski definition) is 0. The molecule has 0 saturated carbocycles. The Morgan fingerprint density at radius 2 is 1.71 bits per heavy atom. The Balaban J connectivity index is 1.80. The summed E-state index contributed by atoms with van der Waals surface area (Å²) >= 11 is 1.68. The topological polar surface area (TPSA) is 55.2 Å². The molecule has 1 aliphatic rings. The molecule has 3 aromatic rings. The van der Waals surface area contributed by atoms with E-state index >= 15 is 0 Å². The molecule has 0 atom stereocenters. The van der Waals surface area contributed by atoms with Gasteiger partial charge in [-0.1, -0.05) is 80.2 Å². The van der Waals surface area contributed by atoms with Gasteiger partial charge in [0.15, 0.2) is 0 Å². The van der Waals surface area contributed by atoms with Gasteiger partial charge in [-0.15, -0.1) is 0 Å². The number of rotatable bonds is 6. The SMILES string of the molecule is [C-]#[N+]/C(C#N)=C(/C(C#N)=C/C=C1\Sc2cc3ccccc3cc2N1CCC(C)C)c1ccccc1. The number of fused-ring (bicyclic) bond motifs is 2. The average Bonchev–Trinajstić information content (AvgIpc) is 3.22. The minimum Gasteiger partial charge on any atom is -0.335 e. The summed E-state index contributed by atoms with van der Waals surface area (Å²) < 4.78 is 0. The molecule has 0 radical (unpaired) electrons. The first-order valence-electron chi connectivity index (χ1n) is 11.4. The van der Waals surface area contributed by atoms with Crippen LogP contribution in [0.5, 0.6) is 0 Å². The van der Waals surface area contributed by atoms with Crippen LogP contribution in [0.1, 0.15) is 25.8 Å². The Hall–Kier alpha value is -4.24. The molecule has 5 heteroatoms. The van der Waals surface area contributed by atoms with Crippen LogP contribution in [0.3, 0.4) is 0 Å². The predicted molar refractivity (Wildman–Crippen MR) is 144 cm³/mol. The second-order valence-electron chi connectivity index (χ2n) is 8.61. The molecule has 3 aromatic carbocycles. The van der Waals surface area contributed by atoms with Gasteiger partial charge in [0.05, 0.1) is 35.0 Å². The normalized spacial score (nSPS) is 14.9. The van der Waals surface area contributed by atoms with Gasteiger partial charge in [0.2, 0.25) is 0 Å². The molecule has 0 fully saturated rings. The monoisotopic (exact) mass is 472 g/mol. The minimum atomic E-state index is -0.0901. The molecule has 0 unspecified atom stereocenters. The highest BCUT2D eigenvalue weighted by molar-refractivity contribution is 8.03. The van der Waals surface area contributed by atoms with E-state index in [0.29, 0.717) is 22.6 Å². The van der Waals surface area contributed by atoms with Crippen LogP contribution in [0, 0.1) is 35.2 Å². The van der Waals surface area contributed by atoms with Crippen molar-refractivity contribution in [2.24, 2.45) is 5.92 Å². The number of nitrogens with zero attached hydrogens (tertiary/aromatic N) is 4. The Labute approximate surface area is 210 Å². The lowest BCUT2D eigenvalue weighted by molar-refractivity contribution is 0.589. The molecule has 0 bridgehead atoms. The standard InChI is InChI=1S/C30H24N4S/c1-21(2)15-16-34-27-17-23-11-7-8-12-24(23)18-28(27)35-29(34)14-13-25(19-31)30(26(20-32)33-3)22-9-5-4-6-10-22/h4-14,17-18,21H,15-16H2,1-2H3/b25-13+,29-14-,30-26+. The van der Waals surface area contributed by atoms with Crippen LogP contribution >= 0.6 is 11.8 Å². The van der Waals surface area contributed by atoms with Crippen molar-refractivity contribution < 1.29 is 0 Å². The number of nitriles is 2. The molecule has 1 heterocycles. The van der Waals surface area contributed by atoms with E-state index in [2.05, 4.69) is 60.0 Å². The Morgan fingerprint density at radius 3 is 2.34 bits per heavy atom. The average molecular weight is 473 g/mol. The lowest BCUT2D eigenvalue weighted by atomic mass is 9.96. The predicted octanol–water partition coefficient (Wildman–Crippen LogP) is 7.94. The number of anilines is 1. The third-order valence-corrected chi connectivity index (χ3v) is 6.94. The summed E-state index contributed by atoms with van der Waals surface area (Å²) in [5.41, 5.74) is 2.42. The van der Waals surface area contributed by atoms with Crippen molar-refractivity contribution in [3.8, 4) is 12.1 Å². The van der Waals surface area contributed by atoms with Crippen LogP contribution in [0.25, 0.3) is 21.2 Å². The van der Waals surface area contributed by atoms with E-state index in [9.17, 15) is 10.5 Å². The highest BCUT2D eigenvalue weighted by Gasteiger charge is 2.25. The van der Waals surface area contributed by atoms with Crippen molar-refractivity contribution in [1.82, 2.24) is 0 Å². The summed E-state index contributed by atoms with van der Waals surface area (Å²) in [6.45, 7) is 12.8. The summed E-state index contributed by atoms with van der Waals surface area (Å²) in [4.78, 5) is 6.89. The number of hydrogen-bond acceptors (Lipinski definition) is 4. The largest absolute Gasteiger partial charge is 0.335 e. The van der Waals surface area contributed by atoms with Crippen molar-refractivity contribution in [1.29, 1.82) is 10.5 Å². The quantitative estimate of drug-likeness (QED) is 0.207. The van der Waals surface area contributed by atoms with Crippen molar-refractivity contribution in [2.75, 3.05) is 11.4 Å². The maximum atomic E-state index is 10.0. The molecule has 0 spiro atoms. The minimum absolute atomic E-state index is 0.0901. The van der Waals surface area contributed by atoms with Crippen LogP contribution in [0.2, 0.25) is 0 Å². The van der Waals surface area contributed by atoms with Gasteiger partial charge in [-0.25, -0.2) is 10.1 Å². The summed E-state index contributed by atoms with van der Waals surface area (Å²) in [6.07, 6.45) is 4.71. The number of benzene rings is 3. The van der Waals surface area contributed by atoms with Gasteiger partial charge in [0.1, 0.15) is 0 Å². The van der Waals surface area contributed by atoms with Gasteiger partial charge in [-0.3, -0.25) is 0 Å². The van der Waals surface area contributed by atoms with E-state index in [1.54, 1.807) is 17.8 Å². The highest BCUT2D eigenvalue weighted by atomic mass is 32.2. The molecule has 4 nitrogen and oxygen atoms in total. The fourth-order valence-corrected chi connectivity index (χ4v) is 5.14. The van der Waals surface area contributed by atoms with Crippen molar-refractivity contribution in [3.05, 3.63) is 112 Å². The number of thioether (sulfide) groups is 1. The fraction of sp³-hybridized carbons (Fsp3) is 0.167. The molecular formula is C30H24N4S. The van der Waals surface area contributed by atoms with E-state index in [-0.39, 0.29) is 5.70 Å². The van der Waals surface area contributed by atoms with E-state index in [1.807, 2.05) is 48.5 Å². The molecule has 1 aliphatic heterocycles. The van der Waals surface area contributed by atoms with Crippen molar-refractivity contribution >= 4 is 33.8 Å². The molecule has 0 N–H and O–H groups in total. The van der Waals surface area contributed by atoms with E-state index in [0.717, 1.165) is 18.0 Å². The van der Waals surface area contributed by atoms with E-state index < -0.39 is 0 Å². The van der Waals surface area contributed by atoms with Crippen molar-refractivity contribution in [2.45, 2.75) is 25.2 Å². The number of allylic oxidation sites excluding steroid dienone is 5. The van der Waals surface area contributed by atoms with Crippen LogP contribution in [0.4, 0.5) is 5.69 Å². The highest BCUT2D eigenvalue weighted by Crippen LogP contribution is 2.48. The first-order chi connectivity index (χ1) is 17.0. The zero-order valence-electron chi connectivity index (χ0n) is 19.7. The molecular weight excluding hydrogens is 448 g/mol. The van der Waals surface area contributed by atoms with Crippen LogP contribution in [0.15, 0.2) is 100 Å². The maximum absolute atomic E-state index is 10.0. The fourth-order valence-electron chi connectivity index (χ4n) is 4.02. The smallest absolute Gasteiger partial charge is 0.270 e. The van der Waals surface area contributed by atoms with E-state index in [4.69, 9.17) is 6.57 Å². The van der Waals surface area contributed by atoms with Gasteiger partial charge in [-0.05, 0) is 53.0 Å². The van der Waals surface area contributed by atoms with Crippen LogP contribution in [-0.2, 0) is 0 Å². The van der Waals surface area contributed by atoms with Gasteiger partial charge >= 0.3 is 0 Å². The Kier molecular flexibility index (Phi) is 7.37. The second-order valence-corrected chi connectivity index (χ2v) is 9.68. The summed E-state index contributed by atoms with van der Waals surface area (Å²) in [5, 5.41) is 23.0. The van der Waals surface area contributed by atoms with Gasteiger partial charge < -0.3 is 4.90 Å². The van der Waals surface area contributed by atoms with E-state index in [1.165, 1.54) is 21.4 Å². The molecule has 4 rings (SSSR count). The molecule has 170 valence electrons.